The number of phenolic OH excluding ortho intramolecular Hbond substituents is 1. The second-order valence-electron chi connectivity index (χ2n) is 4.18. The Balaban J connectivity index is 2.52. The Morgan fingerprint density at radius 2 is 2.22 bits per heavy atom. The molecule has 0 amide bonds. The summed E-state index contributed by atoms with van der Waals surface area (Å²) >= 11 is 0. The average molecular weight is 271 g/mol. The summed E-state index contributed by atoms with van der Waals surface area (Å²) in [6, 6.07) is 5.29. The van der Waals surface area contributed by atoms with Crippen molar-refractivity contribution in [2.24, 2.45) is 0 Å². The quantitative estimate of drug-likeness (QED) is 0.791. The summed E-state index contributed by atoms with van der Waals surface area (Å²) in [5.41, 5.74) is 1.03. The summed E-state index contributed by atoms with van der Waals surface area (Å²) in [4.78, 5) is 0. The predicted molar refractivity (Wildman–Crippen MR) is 74.5 cm³/mol. The van der Waals surface area contributed by atoms with E-state index in [4.69, 9.17) is 4.74 Å². The summed E-state index contributed by atoms with van der Waals surface area (Å²) in [5.74, 6) is 0.660. The van der Waals surface area contributed by atoms with Crippen molar-refractivity contribution in [1.82, 2.24) is 5.32 Å². The maximum absolute atomic E-state index is 11.2. The van der Waals surface area contributed by atoms with Crippen molar-refractivity contribution in [3.8, 4) is 11.5 Å². The van der Waals surface area contributed by atoms with E-state index < -0.39 is 10.8 Å². The highest BCUT2D eigenvalue weighted by molar-refractivity contribution is 7.84. The van der Waals surface area contributed by atoms with Crippen molar-refractivity contribution in [3.63, 3.8) is 0 Å². The molecule has 0 aliphatic heterocycles. The summed E-state index contributed by atoms with van der Waals surface area (Å²) < 4.78 is 16.5. The zero-order valence-electron chi connectivity index (χ0n) is 11.1. The van der Waals surface area contributed by atoms with Gasteiger partial charge in [-0.1, -0.05) is 6.07 Å². The SMILES string of the molecule is CCOc1cc(CNCC(C)S(C)=O)ccc1O. The van der Waals surface area contributed by atoms with Crippen LogP contribution in [0.3, 0.4) is 0 Å². The van der Waals surface area contributed by atoms with E-state index >= 15 is 0 Å². The molecular weight excluding hydrogens is 250 g/mol. The van der Waals surface area contributed by atoms with Crippen molar-refractivity contribution in [2.75, 3.05) is 19.4 Å². The van der Waals surface area contributed by atoms with Crippen LogP contribution >= 0.6 is 0 Å². The van der Waals surface area contributed by atoms with Crippen LogP contribution in [0.15, 0.2) is 18.2 Å². The van der Waals surface area contributed by atoms with Crippen LogP contribution < -0.4 is 10.1 Å². The molecule has 2 unspecified atom stereocenters. The number of nitrogens with one attached hydrogen (secondary N) is 1. The van der Waals surface area contributed by atoms with Gasteiger partial charge in [-0.3, -0.25) is 4.21 Å². The van der Waals surface area contributed by atoms with Crippen LogP contribution in [-0.4, -0.2) is 34.0 Å². The van der Waals surface area contributed by atoms with E-state index in [9.17, 15) is 9.32 Å². The van der Waals surface area contributed by atoms with Gasteiger partial charge in [0, 0.05) is 35.4 Å². The largest absolute Gasteiger partial charge is 0.504 e. The van der Waals surface area contributed by atoms with Crippen molar-refractivity contribution in [2.45, 2.75) is 25.6 Å². The standard InChI is InChI=1S/C13H21NO3S/c1-4-17-13-7-11(5-6-12(13)15)9-14-8-10(2)18(3)16/h5-7,10,14-15H,4,8-9H2,1-3H3. The number of phenols is 1. The van der Waals surface area contributed by atoms with Gasteiger partial charge < -0.3 is 15.2 Å². The molecule has 4 nitrogen and oxygen atoms in total. The zero-order valence-corrected chi connectivity index (χ0v) is 11.9. The molecule has 2 atom stereocenters. The van der Waals surface area contributed by atoms with E-state index in [0.717, 1.165) is 5.56 Å². The van der Waals surface area contributed by atoms with Gasteiger partial charge in [0.15, 0.2) is 11.5 Å². The van der Waals surface area contributed by atoms with Crippen molar-refractivity contribution < 1.29 is 14.1 Å². The first kappa shape index (κ1) is 15.0. The molecule has 0 fully saturated rings. The summed E-state index contributed by atoms with van der Waals surface area (Å²) in [6.07, 6.45) is 1.71. The first-order valence-electron chi connectivity index (χ1n) is 6.02. The number of aromatic hydroxyl groups is 1. The smallest absolute Gasteiger partial charge is 0.161 e. The number of benzene rings is 1. The fourth-order valence-corrected chi connectivity index (χ4v) is 1.83. The molecule has 0 aliphatic carbocycles. The third-order valence-corrected chi connectivity index (χ3v) is 3.95. The Kier molecular flexibility index (Phi) is 6.15. The van der Waals surface area contributed by atoms with Crippen molar-refractivity contribution >= 4 is 10.8 Å². The Hall–Kier alpha value is -1.07. The van der Waals surface area contributed by atoms with E-state index in [2.05, 4.69) is 5.32 Å². The van der Waals surface area contributed by atoms with Gasteiger partial charge >= 0.3 is 0 Å². The van der Waals surface area contributed by atoms with Gasteiger partial charge in [0.1, 0.15) is 0 Å². The number of hydrogen-bond donors (Lipinski definition) is 2. The van der Waals surface area contributed by atoms with Crippen molar-refractivity contribution in [1.29, 1.82) is 0 Å². The van der Waals surface area contributed by atoms with Crippen LogP contribution in [0.25, 0.3) is 0 Å². The molecular formula is C13H21NO3S. The third kappa shape index (κ3) is 4.66. The lowest BCUT2D eigenvalue weighted by Gasteiger charge is -2.11. The maximum Gasteiger partial charge on any atom is 0.161 e. The fraction of sp³-hybridized carbons (Fsp3) is 0.538. The molecule has 0 aromatic heterocycles. The summed E-state index contributed by atoms with van der Waals surface area (Å²) in [6.45, 7) is 5.72. The molecule has 0 bridgehead atoms. The lowest BCUT2D eigenvalue weighted by Crippen LogP contribution is -2.27. The van der Waals surface area contributed by atoms with Crippen LogP contribution in [0.2, 0.25) is 0 Å². The average Bonchev–Trinajstić information content (AvgIpc) is 2.33. The van der Waals surface area contributed by atoms with Gasteiger partial charge in [-0.05, 0) is 31.5 Å². The second-order valence-corrected chi connectivity index (χ2v) is 5.98. The zero-order chi connectivity index (χ0) is 13.5. The Morgan fingerprint density at radius 3 is 2.83 bits per heavy atom. The third-order valence-electron chi connectivity index (χ3n) is 2.65. The molecule has 0 aliphatic rings. The highest BCUT2D eigenvalue weighted by Gasteiger charge is 2.06. The highest BCUT2D eigenvalue weighted by atomic mass is 32.2. The maximum atomic E-state index is 11.2. The molecule has 1 aromatic rings. The normalized spacial score (nSPS) is 14.2. The molecule has 2 N–H and O–H groups in total. The molecule has 1 aromatic carbocycles. The van der Waals surface area contributed by atoms with Gasteiger partial charge in [0.25, 0.3) is 0 Å². The summed E-state index contributed by atoms with van der Waals surface area (Å²) in [5, 5.41) is 12.9. The van der Waals surface area contributed by atoms with Crippen LogP contribution in [0.1, 0.15) is 19.4 Å². The Labute approximate surface area is 111 Å². The number of rotatable bonds is 7. The lowest BCUT2D eigenvalue weighted by atomic mass is 10.2. The second kappa shape index (κ2) is 7.38. The molecule has 18 heavy (non-hydrogen) atoms. The first-order chi connectivity index (χ1) is 8.54. The van der Waals surface area contributed by atoms with Gasteiger partial charge in [-0.25, -0.2) is 0 Å². The van der Waals surface area contributed by atoms with Crippen LogP contribution in [0, 0.1) is 0 Å². The van der Waals surface area contributed by atoms with Crippen molar-refractivity contribution in [3.05, 3.63) is 23.8 Å². The predicted octanol–water partition coefficient (Wildman–Crippen LogP) is 1.65. The fourth-order valence-electron chi connectivity index (χ4n) is 1.48. The first-order valence-corrected chi connectivity index (χ1v) is 7.64. The number of ether oxygens (including phenoxy) is 1. The van der Waals surface area contributed by atoms with Gasteiger partial charge in [-0.2, -0.15) is 0 Å². The molecule has 0 radical (unpaired) electrons. The van der Waals surface area contributed by atoms with Crippen LogP contribution in [0.5, 0.6) is 11.5 Å². The molecule has 102 valence electrons. The minimum Gasteiger partial charge on any atom is -0.504 e. The number of hydrogen-bond acceptors (Lipinski definition) is 4. The van der Waals surface area contributed by atoms with E-state index in [-0.39, 0.29) is 11.0 Å². The highest BCUT2D eigenvalue weighted by Crippen LogP contribution is 2.26. The molecule has 0 heterocycles. The van der Waals surface area contributed by atoms with Gasteiger partial charge in [-0.15, -0.1) is 0 Å². The topological polar surface area (TPSA) is 58.6 Å². The molecule has 5 heteroatoms. The molecule has 1 rings (SSSR count). The van der Waals surface area contributed by atoms with E-state index in [1.807, 2.05) is 26.0 Å². The Bertz CT molecular complexity index is 409. The van der Waals surface area contributed by atoms with Gasteiger partial charge in [0.2, 0.25) is 0 Å². The molecule has 0 spiro atoms. The van der Waals surface area contributed by atoms with E-state index in [0.29, 0.717) is 25.4 Å². The molecule has 0 saturated heterocycles. The van der Waals surface area contributed by atoms with E-state index in [1.54, 1.807) is 12.3 Å². The van der Waals surface area contributed by atoms with Crippen LogP contribution in [0.4, 0.5) is 0 Å². The Morgan fingerprint density at radius 1 is 1.50 bits per heavy atom. The summed E-state index contributed by atoms with van der Waals surface area (Å²) in [7, 11) is -0.806. The minimum atomic E-state index is -0.806. The monoisotopic (exact) mass is 271 g/mol. The molecule has 0 saturated carbocycles. The van der Waals surface area contributed by atoms with Gasteiger partial charge in [0.05, 0.1) is 6.61 Å². The van der Waals surface area contributed by atoms with Crippen LogP contribution in [-0.2, 0) is 17.3 Å². The lowest BCUT2D eigenvalue weighted by molar-refractivity contribution is 0.317. The van der Waals surface area contributed by atoms with E-state index in [1.165, 1.54) is 0 Å². The minimum absolute atomic E-state index is 0.133.